The summed E-state index contributed by atoms with van der Waals surface area (Å²) in [5.74, 6) is 2.69. The zero-order valence-electron chi connectivity index (χ0n) is 17.6. The number of nitrogens with zero attached hydrogens (tertiary/aromatic N) is 4. The highest BCUT2D eigenvalue weighted by Crippen LogP contribution is 2.33. The van der Waals surface area contributed by atoms with Crippen LogP contribution in [0.4, 0.5) is 17.2 Å². The van der Waals surface area contributed by atoms with Crippen LogP contribution in [0.1, 0.15) is 11.1 Å². The van der Waals surface area contributed by atoms with Gasteiger partial charge in [0.15, 0.2) is 5.82 Å². The van der Waals surface area contributed by atoms with Gasteiger partial charge in [-0.05, 0) is 61.4 Å². The van der Waals surface area contributed by atoms with Crippen molar-refractivity contribution in [1.82, 2.24) is 9.97 Å². The first-order valence-corrected chi connectivity index (χ1v) is 10.0. The molecule has 7 heteroatoms. The lowest BCUT2D eigenvalue weighted by molar-refractivity contribution is 0.415. The predicted molar refractivity (Wildman–Crippen MR) is 120 cm³/mol. The highest BCUT2D eigenvalue weighted by molar-refractivity contribution is 5.69. The zero-order chi connectivity index (χ0) is 21.1. The summed E-state index contributed by atoms with van der Waals surface area (Å²) in [6, 6.07) is 14.1. The number of methoxy groups -OCH3 is 1. The van der Waals surface area contributed by atoms with Crippen LogP contribution >= 0.6 is 0 Å². The van der Waals surface area contributed by atoms with Crippen LogP contribution in [0.15, 0.2) is 48.8 Å². The van der Waals surface area contributed by atoms with E-state index in [4.69, 9.17) is 15.2 Å². The fraction of sp³-hybridized carbons (Fsp3) is 0.304. The van der Waals surface area contributed by atoms with Gasteiger partial charge in [0.25, 0.3) is 0 Å². The highest BCUT2D eigenvalue weighted by Gasteiger charge is 2.22. The molecule has 30 heavy (non-hydrogen) atoms. The Hall–Kier alpha value is -3.48. The molecular formula is C23H27N5O2. The minimum atomic E-state index is 0.390. The van der Waals surface area contributed by atoms with Gasteiger partial charge in [0, 0.05) is 31.9 Å². The lowest BCUT2D eigenvalue weighted by Gasteiger charge is -2.37. The summed E-state index contributed by atoms with van der Waals surface area (Å²) in [5.41, 5.74) is 10.4. The van der Waals surface area contributed by atoms with Crippen molar-refractivity contribution in [2.45, 2.75) is 13.8 Å². The molecule has 2 heterocycles. The summed E-state index contributed by atoms with van der Waals surface area (Å²) >= 11 is 0. The van der Waals surface area contributed by atoms with Crippen LogP contribution in [-0.4, -0.2) is 43.3 Å². The number of nitrogens with two attached hydrogens (primary N) is 1. The topological polar surface area (TPSA) is 76.7 Å². The second-order valence-corrected chi connectivity index (χ2v) is 7.44. The number of piperazine rings is 1. The molecule has 0 spiro atoms. The molecule has 0 unspecified atom stereocenters. The van der Waals surface area contributed by atoms with Gasteiger partial charge in [-0.15, -0.1) is 0 Å². The van der Waals surface area contributed by atoms with Crippen LogP contribution in [0.3, 0.4) is 0 Å². The summed E-state index contributed by atoms with van der Waals surface area (Å²) < 4.78 is 11.2. The quantitative estimate of drug-likeness (QED) is 0.692. The summed E-state index contributed by atoms with van der Waals surface area (Å²) in [5, 5.41) is 0. The van der Waals surface area contributed by atoms with Gasteiger partial charge in [-0.3, -0.25) is 0 Å². The van der Waals surface area contributed by atoms with E-state index in [2.05, 4.69) is 45.7 Å². The molecule has 2 aromatic carbocycles. The third-order valence-electron chi connectivity index (χ3n) is 5.54. The lowest BCUT2D eigenvalue weighted by atomic mass is 10.1. The Morgan fingerprint density at radius 3 is 2.17 bits per heavy atom. The van der Waals surface area contributed by atoms with Crippen LogP contribution in [-0.2, 0) is 0 Å². The van der Waals surface area contributed by atoms with E-state index in [1.165, 1.54) is 17.6 Å². The molecule has 0 saturated carbocycles. The van der Waals surface area contributed by atoms with Crippen molar-refractivity contribution < 1.29 is 9.47 Å². The summed E-state index contributed by atoms with van der Waals surface area (Å²) in [7, 11) is 1.68. The first kappa shape index (κ1) is 19.8. The van der Waals surface area contributed by atoms with E-state index in [9.17, 15) is 0 Å². The Morgan fingerprint density at radius 2 is 1.50 bits per heavy atom. The molecule has 1 saturated heterocycles. The standard InChI is InChI=1S/C23H27N5O2/c1-16-4-7-20(14-17(16)2)30-23-21(24)22(25-15-26-23)28-12-10-27(11-13-28)18-5-8-19(29-3)9-6-18/h4-9,14-15H,10-13,24H2,1-3H3. The van der Waals surface area contributed by atoms with Gasteiger partial charge in [-0.25, -0.2) is 4.98 Å². The van der Waals surface area contributed by atoms with Gasteiger partial charge in [0.1, 0.15) is 23.5 Å². The van der Waals surface area contributed by atoms with Gasteiger partial charge < -0.3 is 25.0 Å². The van der Waals surface area contributed by atoms with Gasteiger partial charge in [-0.1, -0.05) is 6.07 Å². The number of anilines is 3. The smallest absolute Gasteiger partial charge is 0.248 e. The van der Waals surface area contributed by atoms with Crippen LogP contribution < -0.4 is 25.0 Å². The number of ether oxygens (including phenoxy) is 2. The van der Waals surface area contributed by atoms with Crippen LogP contribution in [0.2, 0.25) is 0 Å². The van der Waals surface area contributed by atoms with Gasteiger partial charge >= 0.3 is 0 Å². The molecule has 3 aromatic rings. The van der Waals surface area contributed by atoms with E-state index in [0.717, 1.165) is 49.1 Å². The average Bonchev–Trinajstić information content (AvgIpc) is 2.78. The molecule has 1 fully saturated rings. The van der Waals surface area contributed by atoms with E-state index in [-0.39, 0.29) is 0 Å². The maximum Gasteiger partial charge on any atom is 0.248 e. The second-order valence-electron chi connectivity index (χ2n) is 7.44. The first-order valence-electron chi connectivity index (χ1n) is 10.0. The Morgan fingerprint density at radius 1 is 0.833 bits per heavy atom. The molecule has 2 N–H and O–H groups in total. The number of aryl methyl sites for hydroxylation is 2. The molecule has 7 nitrogen and oxygen atoms in total. The molecule has 0 atom stereocenters. The van der Waals surface area contributed by atoms with E-state index in [1.54, 1.807) is 7.11 Å². The number of benzene rings is 2. The fourth-order valence-corrected chi connectivity index (χ4v) is 3.56. The third kappa shape index (κ3) is 4.10. The van der Waals surface area contributed by atoms with Crippen molar-refractivity contribution in [2.75, 3.05) is 48.8 Å². The normalized spacial score (nSPS) is 14.0. The predicted octanol–water partition coefficient (Wildman–Crippen LogP) is 3.80. The minimum absolute atomic E-state index is 0.390. The van der Waals surface area contributed by atoms with Crippen molar-refractivity contribution in [3.05, 3.63) is 59.9 Å². The molecule has 0 amide bonds. The Labute approximate surface area is 177 Å². The number of aromatic nitrogens is 2. The van der Waals surface area contributed by atoms with E-state index >= 15 is 0 Å². The lowest BCUT2D eigenvalue weighted by Crippen LogP contribution is -2.47. The van der Waals surface area contributed by atoms with Crippen molar-refractivity contribution in [1.29, 1.82) is 0 Å². The number of hydrogen-bond acceptors (Lipinski definition) is 7. The summed E-state index contributed by atoms with van der Waals surface area (Å²) in [6.45, 7) is 7.51. The highest BCUT2D eigenvalue weighted by atomic mass is 16.5. The van der Waals surface area contributed by atoms with Crippen molar-refractivity contribution in [2.24, 2.45) is 0 Å². The van der Waals surface area contributed by atoms with Crippen LogP contribution in [0.5, 0.6) is 17.4 Å². The van der Waals surface area contributed by atoms with Crippen LogP contribution in [0, 0.1) is 13.8 Å². The van der Waals surface area contributed by atoms with Gasteiger partial charge in [-0.2, -0.15) is 4.98 Å². The average molecular weight is 406 g/mol. The van der Waals surface area contributed by atoms with E-state index < -0.39 is 0 Å². The largest absolute Gasteiger partial charge is 0.497 e. The Balaban J connectivity index is 1.45. The summed E-state index contributed by atoms with van der Waals surface area (Å²) in [6.07, 6.45) is 1.51. The monoisotopic (exact) mass is 405 g/mol. The van der Waals surface area contributed by atoms with Crippen molar-refractivity contribution in [3.63, 3.8) is 0 Å². The number of rotatable bonds is 5. The molecule has 156 valence electrons. The first-order chi connectivity index (χ1) is 14.5. The van der Waals surface area contributed by atoms with E-state index in [1.807, 2.05) is 30.3 Å². The molecule has 1 aliphatic heterocycles. The Bertz CT molecular complexity index is 1010. The molecule has 0 aliphatic carbocycles. The third-order valence-corrected chi connectivity index (χ3v) is 5.54. The van der Waals surface area contributed by atoms with Gasteiger partial charge in [0.2, 0.25) is 5.88 Å². The molecule has 4 rings (SSSR count). The molecular weight excluding hydrogens is 378 g/mol. The summed E-state index contributed by atoms with van der Waals surface area (Å²) in [4.78, 5) is 13.2. The van der Waals surface area contributed by atoms with Crippen molar-refractivity contribution >= 4 is 17.2 Å². The molecule has 0 bridgehead atoms. The minimum Gasteiger partial charge on any atom is -0.497 e. The van der Waals surface area contributed by atoms with Gasteiger partial charge in [0.05, 0.1) is 7.11 Å². The van der Waals surface area contributed by atoms with Crippen LogP contribution in [0.25, 0.3) is 0 Å². The molecule has 1 aliphatic rings. The Kier molecular flexibility index (Phi) is 5.61. The second kappa shape index (κ2) is 8.49. The SMILES string of the molecule is COc1ccc(N2CCN(c3ncnc(Oc4ccc(C)c(C)c4)c3N)CC2)cc1. The maximum atomic E-state index is 6.39. The molecule has 1 aromatic heterocycles. The maximum absolute atomic E-state index is 6.39. The fourth-order valence-electron chi connectivity index (χ4n) is 3.56. The number of hydrogen-bond donors (Lipinski definition) is 1. The molecule has 0 radical (unpaired) electrons. The zero-order valence-corrected chi connectivity index (χ0v) is 17.6. The number of nitrogen functional groups attached to an aromatic ring is 1. The van der Waals surface area contributed by atoms with Crippen molar-refractivity contribution in [3.8, 4) is 17.4 Å². The van der Waals surface area contributed by atoms with E-state index in [0.29, 0.717) is 11.6 Å².